The fourth-order valence-electron chi connectivity index (χ4n) is 0.806. The second kappa shape index (κ2) is 8.83. The van der Waals surface area contributed by atoms with Crippen LogP contribution in [0.3, 0.4) is 0 Å². The van der Waals surface area contributed by atoms with Gasteiger partial charge in [-0.1, -0.05) is 13.8 Å². The highest BCUT2D eigenvalue weighted by Crippen LogP contribution is 1.94. The van der Waals surface area contributed by atoms with Crippen molar-refractivity contribution in [2.24, 2.45) is 5.92 Å². The molecular weight excluding hydrogens is 194 g/mol. The van der Waals surface area contributed by atoms with Gasteiger partial charge in [0.1, 0.15) is 6.61 Å². The van der Waals surface area contributed by atoms with E-state index in [9.17, 15) is 4.79 Å². The Morgan fingerprint density at radius 3 is 2.27 bits per heavy atom. The molecule has 0 fully saturated rings. The minimum Gasteiger partial charge on any atom is -0.378 e. The molecule has 0 spiro atoms. The first-order valence-electron chi connectivity index (χ1n) is 5.37. The minimum absolute atomic E-state index is 0.0552. The average molecular weight is 217 g/mol. The first kappa shape index (κ1) is 14.6. The van der Waals surface area contributed by atoms with Crippen molar-refractivity contribution in [3.63, 3.8) is 0 Å². The van der Waals surface area contributed by atoms with Gasteiger partial charge in [0.05, 0.1) is 19.8 Å². The molecule has 15 heavy (non-hydrogen) atoms. The summed E-state index contributed by atoms with van der Waals surface area (Å²) >= 11 is 0. The first-order chi connectivity index (χ1) is 7.04. The van der Waals surface area contributed by atoms with Crippen LogP contribution in [0.2, 0.25) is 0 Å². The summed E-state index contributed by atoms with van der Waals surface area (Å²) < 4.78 is 10.5. The zero-order valence-electron chi connectivity index (χ0n) is 10.3. The van der Waals surface area contributed by atoms with Gasteiger partial charge in [0.15, 0.2) is 5.78 Å². The van der Waals surface area contributed by atoms with Gasteiger partial charge >= 0.3 is 0 Å². The zero-order valence-corrected chi connectivity index (χ0v) is 10.3. The fraction of sp³-hybridized carbons (Fsp3) is 0.909. The summed E-state index contributed by atoms with van der Waals surface area (Å²) in [6.45, 7) is 6.61. The van der Waals surface area contributed by atoms with Crippen molar-refractivity contribution in [3.8, 4) is 0 Å². The van der Waals surface area contributed by atoms with E-state index < -0.39 is 0 Å². The monoisotopic (exact) mass is 217 g/mol. The van der Waals surface area contributed by atoms with Crippen molar-refractivity contribution in [1.29, 1.82) is 0 Å². The summed E-state index contributed by atoms with van der Waals surface area (Å²) in [5.41, 5.74) is 0. The van der Waals surface area contributed by atoms with Crippen molar-refractivity contribution in [2.45, 2.75) is 13.8 Å². The van der Waals surface area contributed by atoms with Crippen LogP contribution in [0.4, 0.5) is 0 Å². The third-order valence-corrected chi connectivity index (χ3v) is 1.94. The highest BCUT2D eigenvalue weighted by molar-refractivity contribution is 5.81. The van der Waals surface area contributed by atoms with E-state index in [4.69, 9.17) is 9.47 Å². The lowest BCUT2D eigenvalue weighted by Gasteiger charge is -2.10. The molecule has 0 atom stereocenters. The van der Waals surface area contributed by atoms with Crippen LogP contribution < -0.4 is 0 Å². The van der Waals surface area contributed by atoms with Crippen LogP contribution >= 0.6 is 0 Å². The standard InChI is InChI=1S/C11H23NO3/c1-10(2)11(13)9-15-8-7-14-6-5-12(3)4/h10H,5-9H2,1-4H3. The summed E-state index contributed by atoms with van der Waals surface area (Å²) in [4.78, 5) is 13.2. The highest BCUT2D eigenvalue weighted by Gasteiger charge is 2.06. The van der Waals surface area contributed by atoms with E-state index in [2.05, 4.69) is 4.90 Å². The number of carbonyl (C=O) groups excluding carboxylic acids is 1. The largest absolute Gasteiger partial charge is 0.378 e. The Kier molecular flexibility index (Phi) is 8.56. The third-order valence-electron chi connectivity index (χ3n) is 1.94. The van der Waals surface area contributed by atoms with Crippen LogP contribution in [0.5, 0.6) is 0 Å². The lowest BCUT2D eigenvalue weighted by Crippen LogP contribution is -2.20. The van der Waals surface area contributed by atoms with E-state index in [1.165, 1.54) is 0 Å². The molecule has 0 N–H and O–H groups in total. The molecule has 0 aromatic heterocycles. The SMILES string of the molecule is CC(C)C(=O)COCCOCCN(C)C. The van der Waals surface area contributed by atoms with E-state index in [-0.39, 0.29) is 18.3 Å². The molecule has 0 aliphatic heterocycles. The highest BCUT2D eigenvalue weighted by atomic mass is 16.5. The molecule has 0 amide bonds. The molecule has 4 nitrogen and oxygen atoms in total. The van der Waals surface area contributed by atoms with Crippen molar-refractivity contribution >= 4 is 5.78 Å². The average Bonchev–Trinajstić information content (AvgIpc) is 2.15. The van der Waals surface area contributed by atoms with Gasteiger partial charge in [-0.15, -0.1) is 0 Å². The Balaban J connectivity index is 3.15. The van der Waals surface area contributed by atoms with Crippen LogP contribution in [0.1, 0.15) is 13.8 Å². The van der Waals surface area contributed by atoms with Crippen molar-refractivity contribution in [1.82, 2.24) is 4.90 Å². The number of Topliss-reactive ketones (excluding diaryl/α,β-unsaturated/α-hetero) is 1. The van der Waals surface area contributed by atoms with E-state index in [0.29, 0.717) is 19.8 Å². The summed E-state index contributed by atoms with van der Waals surface area (Å²) in [6, 6.07) is 0. The zero-order chi connectivity index (χ0) is 11.7. The van der Waals surface area contributed by atoms with E-state index in [1.807, 2.05) is 27.9 Å². The summed E-state index contributed by atoms with van der Waals surface area (Å²) in [5, 5.41) is 0. The quantitative estimate of drug-likeness (QED) is 0.536. The number of ketones is 1. The molecule has 0 aliphatic carbocycles. The number of carbonyl (C=O) groups is 1. The Labute approximate surface area is 92.5 Å². The van der Waals surface area contributed by atoms with E-state index in [0.717, 1.165) is 6.54 Å². The maximum atomic E-state index is 11.1. The molecule has 0 bridgehead atoms. The summed E-state index contributed by atoms with van der Waals surface area (Å²) in [7, 11) is 4.00. The molecule has 0 saturated carbocycles. The number of nitrogens with zero attached hydrogens (tertiary/aromatic N) is 1. The molecule has 0 rings (SSSR count). The number of hydrogen-bond donors (Lipinski definition) is 0. The number of hydrogen-bond acceptors (Lipinski definition) is 4. The normalized spacial score (nSPS) is 11.3. The molecule has 0 saturated heterocycles. The van der Waals surface area contributed by atoms with Crippen molar-refractivity contribution < 1.29 is 14.3 Å². The molecular formula is C11H23NO3. The Bertz CT molecular complexity index is 169. The molecule has 0 aliphatic rings. The smallest absolute Gasteiger partial charge is 0.160 e. The third kappa shape index (κ3) is 9.85. The topological polar surface area (TPSA) is 38.8 Å². The van der Waals surface area contributed by atoms with E-state index >= 15 is 0 Å². The van der Waals surface area contributed by atoms with Gasteiger partial charge in [-0.05, 0) is 14.1 Å². The fourth-order valence-corrected chi connectivity index (χ4v) is 0.806. The second-order valence-electron chi connectivity index (χ2n) is 4.09. The molecule has 0 heterocycles. The van der Waals surface area contributed by atoms with Gasteiger partial charge < -0.3 is 14.4 Å². The molecule has 90 valence electrons. The Morgan fingerprint density at radius 2 is 1.73 bits per heavy atom. The van der Waals surface area contributed by atoms with E-state index in [1.54, 1.807) is 0 Å². The molecule has 0 unspecified atom stereocenters. The maximum absolute atomic E-state index is 11.1. The van der Waals surface area contributed by atoms with Gasteiger partial charge in [0.2, 0.25) is 0 Å². The number of ether oxygens (including phenoxy) is 2. The molecule has 0 aromatic carbocycles. The van der Waals surface area contributed by atoms with Crippen molar-refractivity contribution in [2.75, 3.05) is 47.1 Å². The number of likely N-dealkylation sites (N-methyl/N-ethyl adjacent to an activating group) is 1. The van der Waals surface area contributed by atoms with Crippen molar-refractivity contribution in [3.05, 3.63) is 0 Å². The first-order valence-corrected chi connectivity index (χ1v) is 5.37. The Hall–Kier alpha value is -0.450. The minimum atomic E-state index is 0.0552. The molecule has 4 heteroatoms. The number of rotatable bonds is 9. The van der Waals surface area contributed by atoms with Crippen LogP contribution in [0, 0.1) is 5.92 Å². The summed E-state index contributed by atoms with van der Waals surface area (Å²) in [5.74, 6) is 0.197. The van der Waals surface area contributed by atoms with Crippen LogP contribution in [-0.4, -0.2) is 57.8 Å². The summed E-state index contributed by atoms with van der Waals surface area (Å²) in [6.07, 6.45) is 0. The lowest BCUT2D eigenvalue weighted by molar-refractivity contribution is -0.127. The maximum Gasteiger partial charge on any atom is 0.160 e. The van der Waals surface area contributed by atoms with Crippen LogP contribution in [-0.2, 0) is 14.3 Å². The lowest BCUT2D eigenvalue weighted by atomic mass is 10.1. The van der Waals surface area contributed by atoms with Gasteiger partial charge in [0, 0.05) is 12.5 Å². The predicted molar refractivity (Wildman–Crippen MR) is 60.0 cm³/mol. The van der Waals surface area contributed by atoms with Crippen LogP contribution in [0.25, 0.3) is 0 Å². The second-order valence-corrected chi connectivity index (χ2v) is 4.09. The molecule has 0 radical (unpaired) electrons. The predicted octanol–water partition coefficient (Wildman–Crippen LogP) is 0.806. The van der Waals surface area contributed by atoms with Crippen LogP contribution in [0.15, 0.2) is 0 Å². The van der Waals surface area contributed by atoms with Gasteiger partial charge in [-0.3, -0.25) is 4.79 Å². The van der Waals surface area contributed by atoms with Gasteiger partial charge in [-0.2, -0.15) is 0 Å². The van der Waals surface area contributed by atoms with Gasteiger partial charge in [0.25, 0.3) is 0 Å². The Morgan fingerprint density at radius 1 is 1.13 bits per heavy atom. The van der Waals surface area contributed by atoms with Gasteiger partial charge in [-0.25, -0.2) is 0 Å². The molecule has 0 aromatic rings.